The van der Waals surface area contributed by atoms with Crippen LogP contribution >= 0.6 is 0 Å². The molecule has 21 heavy (non-hydrogen) atoms. The number of benzene rings is 1. The summed E-state index contributed by atoms with van der Waals surface area (Å²) in [7, 11) is 0. The third-order valence-electron chi connectivity index (χ3n) is 3.56. The first-order valence-corrected chi connectivity index (χ1v) is 6.63. The summed E-state index contributed by atoms with van der Waals surface area (Å²) in [5.41, 5.74) is 4.29. The van der Waals surface area contributed by atoms with E-state index in [1.807, 2.05) is 12.3 Å². The molecule has 0 aliphatic heterocycles. The molecule has 0 unspecified atom stereocenters. The molecule has 3 heterocycles. The maximum atomic E-state index is 8.91. The molecule has 3 aromatic heterocycles. The molecule has 0 aliphatic rings. The van der Waals surface area contributed by atoms with Crippen LogP contribution in [-0.4, -0.2) is 19.9 Å². The van der Waals surface area contributed by atoms with Gasteiger partial charge in [0.1, 0.15) is 11.9 Å². The minimum atomic E-state index is 0.533. The average molecular weight is 273 g/mol. The quantitative estimate of drug-likeness (QED) is 0.589. The summed E-state index contributed by atoms with van der Waals surface area (Å²) in [5.74, 6) is 0.848. The van der Waals surface area contributed by atoms with Gasteiger partial charge in [-0.25, -0.2) is 9.97 Å². The Balaban J connectivity index is 1.77. The van der Waals surface area contributed by atoms with Crippen LogP contribution < -0.4 is 0 Å². The average Bonchev–Trinajstić information content (AvgIpc) is 3.12. The molecule has 0 bridgehead atoms. The van der Waals surface area contributed by atoms with Gasteiger partial charge < -0.3 is 9.97 Å². The molecule has 0 saturated carbocycles. The lowest BCUT2D eigenvalue weighted by Gasteiger charge is -2.00. The summed E-state index contributed by atoms with van der Waals surface area (Å²) in [6.45, 7) is 0. The minimum Gasteiger partial charge on any atom is -0.361 e. The second-order valence-corrected chi connectivity index (χ2v) is 4.92. The molecule has 0 fully saturated rings. The Hall–Kier alpha value is -3.13. The molecule has 100 valence electrons. The maximum Gasteiger partial charge on any atom is 0.177 e. The van der Waals surface area contributed by atoms with Gasteiger partial charge in [0.2, 0.25) is 0 Å². The first kappa shape index (κ1) is 11.7. The van der Waals surface area contributed by atoms with Gasteiger partial charge in [-0.15, -0.1) is 0 Å². The highest BCUT2D eigenvalue weighted by atomic mass is 15.0. The van der Waals surface area contributed by atoms with E-state index in [0.29, 0.717) is 17.6 Å². The Morgan fingerprint density at radius 1 is 1.19 bits per heavy atom. The van der Waals surface area contributed by atoms with Gasteiger partial charge in [0.15, 0.2) is 5.65 Å². The van der Waals surface area contributed by atoms with Gasteiger partial charge in [-0.2, -0.15) is 5.26 Å². The second-order valence-electron chi connectivity index (χ2n) is 4.92. The van der Waals surface area contributed by atoms with E-state index < -0.39 is 0 Å². The molecular formula is C16H11N5. The van der Waals surface area contributed by atoms with Crippen molar-refractivity contribution in [3.8, 4) is 6.07 Å². The van der Waals surface area contributed by atoms with Crippen LogP contribution in [0.15, 0.2) is 42.7 Å². The van der Waals surface area contributed by atoms with Gasteiger partial charge in [0, 0.05) is 29.7 Å². The van der Waals surface area contributed by atoms with E-state index >= 15 is 0 Å². The largest absolute Gasteiger partial charge is 0.361 e. The van der Waals surface area contributed by atoms with Crippen LogP contribution in [0.5, 0.6) is 0 Å². The Morgan fingerprint density at radius 3 is 3.05 bits per heavy atom. The van der Waals surface area contributed by atoms with Crippen LogP contribution in [0.3, 0.4) is 0 Å². The smallest absolute Gasteiger partial charge is 0.177 e. The standard InChI is InChI=1S/C16H11N5/c17-8-10-6-14-16(19-9-10)21-15(20-14)7-11-2-1-3-13-12(11)4-5-18-13/h1-6,9,18H,7H2,(H,19,20,21). The Bertz CT molecular complexity index is 987. The van der Waals surface area contributed by atoms with Crippen LogP contribution in [0, 0.1) is 11.3 Å². The summed E-state index contributed by atoms with van der Waals surface area (Å²) in [6.07, 6.45) is 4.18. The molecule has 0 spiro atoms. The minimum absolute atomic E-state index is 0.533. The molecule has 1 aromatic carbocycles. The number of rotatable bonds is 2. The van der Waals surface area contributed by atoms with Crippen molar-refractivity contribution < 1.29 is 0 Å². The summed E-state index contributed by atoms with van der Waals surface area (Å²) in [6, 6.07) is 12.1. The van der Waals surface area contributed by atoms with Crippen molar-refractivity contribution in [2.45, 2.75) is 6.42 Å². The molecule has 2 N–H and O–H groups in total. The number of aromatic nitrogens is 4. The number of pyridine rings is 1. The SMILES string of the molecule is N#Cc1cnc2nc(Cc3cccc4[nH]ccc34)[nH]c2c1. The Kier molecular flexibility index (Phi) is 2.48. The predicted octanol–water partition coefficient (Wildman–Crippen LogP) is 2.90. The molecule has 0 saturated heterocycles. The number of hydrogen-bond acceptors (Lipinski definition) is 3. The van der Waals surface area contributed by atoms with Crippen LogP contribution in [0.4, 0.5) is 0 Å². The third-order valence-corrected chi connectivity index (χ3v) is 3.56. The van der Waals surface area contributed by atoms with Gasteiger partial charge in [-0.3, -0.25) is 0 Å². The molecule has 5 heteroatoms. The fraction of sp³-hybridized carbons (Fsp3) is 0.0625. The lowest BCUT2D eigenvalue weighted by molar-refractivity contribution is 1.04. The van der Waals surface area contributed by atoms with E-state index in [9.17, 15) is 0 Å². The van der Waals surface area contributed by atoms with Crippen LogP contribution in [-0.2, 0) is 6.42 Å². The Labute approximate surface area is 120 Å². The molecule has 0 amide bonds. The molecule has 0 aliphatic carbocycles. The summed E-state index contributed by atoms with van der Waals surface area (Å²) in [5, 5.41) is 10.1. The van der Waals surface area contributed by atoms with Gasteiger partial charge in [-0.05, 0) is 23.8 Å². The van der Waals surface area contributed by atoms with E-state index in [2.05, 4.69) is 44.2 Å². The van der Waals surface area contributed by atoms with Gasteiger partial charge in [-0.1, -0.05) is 12.1 Å². The van der Waals surface area contributed by atoms with Crippen molar-refractivity contribution in [3.05, 3.63) is 59.7 Å². The first-order chi connectivity index (χ1) is 10.3. The number of nitrogens with one attached hydrogen (secondary N) is 2. The normalized spacial score (nSPS) is 11.0. The highest BCUT2D eigenvalue weighted by molar-refractivity contribution is 5.83. The fourth-order valence-electron chi connectivity index (χ4n) is 2.58. The van der Waals surface area contributed by atoms with Crippen LogP contribution in [0.1, 0.15) is 17.0 Å². The van der Waals surface area contributed by atoms with Gasteiger partial charge in [0.05, 0.1) is 11.1 Å². The third kappa shape index (κ3) is 1.94. The van der Waals surface area contributed by atoms with E-state index in [-0.39, 0.29) is 0 Å². The molecular weight excluding hydrogens is 262 g/mol. The number of aromatic amines is 2. The van der Waals surface area contributed by atoms with Gasteiger partial charge in [0.25, 0.3) is 0 Å². The van der Waals surface area contributed by atoms with Crippen molar-refractivity contribution >= 4 is 22.1 Å². The zero-order chi connectivity index (χ0) is 14.2. The van der Waals surface area contributed by atoms with Crippen molar-refractivity contribution in [1.82, 2.24) is 19.9 Å². The monoisotopic (exact) mass is 273 g/mol. The zero-order valence-electron chi connectivity index (χ0n) is 11.1. The Morgan fingerprint density at radius 2 is 2.14 bits per heavy atom. The van der Waals surface area contributed by atoms with E-state index in [0.717, 1.165) is 16.9 Å². The lowest BCUT2D eigenvalue weighted by Crippen LogP contribution is -1.91. The van der Waals surface area contributed by atoms with E-state index in [1.54, 1.807) is 12.3 Å². The number of nitriles is 1. The van der Waals surface area contributed by atoms with Crippen LogP contribution in [0.2, 0.25) is 0 Å². The maximum absolute atomic E-state index is 8.91. The highest BCUT2D eigenvalue weighted by Crippen LogP contribution is 2.20. The fourth-order valence-corrected chi connectivity index (χ4v) is 2.58. The van der Waals surface area contributed by atoms with E-state index in [4.69, 9.17) is 5.26 Å². The van der Waals surface area contributed by atoms with Crippen molar-refractivity contribution in [2.75, 3.05) is 0 Å². The van der Waals surface area contributed by atoms with Gasteiger partial charge >= 0.3 is 0 Å². The first-order valence-electron chi connectivity index (χ1n) is 6.63. The number of H-pyrrole nitrogens is 2. The topological polar surface area (TPSA) is 81.2 Å². The van der Waals surface area contributed by atoms with E-state index in [1.165, 1.54) is 10.9 Å². The summed E-state index contributed by atoms with van der Waals surface area (Å²) in [4.78, 5) is 15.1. The zero-order valence-corrected chi connectivity index (χ0v) is 11.1. The number of fused-ring (bicyclic) bond motifs is 2. The van der Waals surface area contributed by atoms with Crippen molar-refractivity contribution in [3.63, 3.8) is 0 Å². The molecule has 0 radical (unpaired) electrons. The number of nitrogens with zero attached hydrogens (tertiary/aromatic N) is 3. The lowest BCUT2D eigenvalue weighted by atomic mass is 10.1. The molecule has 4 rings (SSSR count). The van der Waals surface area contributed by atoms with Crippen molar-refractivity contribution in [2.24, 2.45) is 0 Å². The highest BCUT2D eigenvalue weighted by Gasteiger charge is 2.08. The van der Waals surface area contributed by atoms with Crippen molar-refractivity contribution in [1.29, 1.82) is 5.26 Å². The van der Waals surface area contributed by atoms with Crippen LogP contribution in [0.25, 0.3) is 22.1 Å². The molecule has 5 nitrogen and oxygen atoms in total. The number of hydrogen-bond donors (Lipinski definition) is 2. The summed E-state index contributed by atoms with van der Waals surface area (Å²) >= 11 is 0. The molecule has 0 atom stereocenters. The molecule has 4 aromatic rings. The summed E-state index contributed by atoms with van der Waals surface area (Å²) < 4.78 is 0. The predicted molar refractivity (Wildman–Crippen MR) is 79.7 cm³/mol. The second kappa shape index (κ2) is 4.46. The number of imidazole rings is 1.